The van der Waals surface area contributed by atoms with Gasteiger partial charge < -0.3 is 14.6 Å². The van der Waals surface area contributed by atoms with Gasteiger partial charge in [-0.2, -0.15) is 5.10 Å². The number of nitrogens with zero attached hydrogens (tertiary/aromatic N) is 3. The van der Waals surface area contributed by atoms with Crippen molar-refractivity contribution in [1.82, 2.24) is 14.8 Å². The van der Waals surface area contributed by atoms with Crippen LogP contribution in [0.3, 0.4) is 0 Å². The van der Waals surface area contributed by atoms with Crippen LogP contribution in [0.25, 0.3) is 0 Å². The fourth-order valence-corrected chi connectivity index (χ4v) is 1.90. The third-order valence-corrected chi connectivity index (χ3v) is 2.80. The maximum Gasteiger partial charge on any atom is 0.138 e. The van der Waals surface area contributed by atoms with Gasteiger partial charge in [0.15, 0.2) is 0 Å². The summed E-state index contributed by atoms with van der Waals surface area (Å²) in [5, 5.41) is 14.2. The van der Waals surface area contributed by atoms with Crippen LogP contribution in [0.4, 0.5) is 0 Å². The van der Waals surface area contributed by atoms with Gasteiger partial charge >= 0.3 is 0 Å². The predicted molar refractivity (Wildman–Crippen MR) is 60.7 cm³/mol. The summed E-state index contributed by atoms with van der Waals surface area (Å²) in [6.45, 7) is 5.65. The summed E-state index contributed by atoms with van der Waals surface area (Å²) in [5.41, 5.74) is 0. The molecule has 0 radical (unpaired) electrons. The summed E-state index contributed by atoms with van der Waals surface area (Å²) in [6, 6.07) is 0.239. The van der Waals surface area contributed by atoms with Crippen LogP contribution in [0.2, 0.25) is 0 Å². The van der Waals surface area contributed by atoms with Gasteiger partial charge in [-0.05, 0) is 13.8 Å². The molecule has 1 fully saturated rings. The SMILES string of the molecule is CC(C)n1ncnc1CC(O)C1COCCO1. The first-order valence-electron chi connectivity index (χ1n) is 5.94. The average molecular weight is 241 g/mol. The van der Waals surface area contributed by atoms with E-state index in [0.29, 0.717) is 26.2 Å². The molecule has 2 unspecified atom stereocenters. The van der Waals surface area contributed by atoms with E-state index in [0.717, 1.165) is 5.82 Å². The molecular weight excluding hydrogens is 222 g/mol. The molecule has 6 nitrogen and oxygen atoms in total. The first kappa shape index (κ1) is 12.5. The Labute approximate surface area is 101 Å². The highest BCUT2D eigenvalue weighted by molar-refractivity contribution is 4.91. The van der Waals surface area contributed by atoms with Gasteiger partial charge in [-0.15, -0.1) is 0 Å². The van der Waals surface area contributed by atoms with Gasteiger partial charge in [0.25, 0.3) is 0 Å². The van der Waals surface area contributed by atoms with Crippen molar-refractivity contribution in [3.63, 3.8) is 0 Å². The Morgan fingerprint density at radius 2 is 2.35 bits per heavy atom. The monoisotopic (exact) mass is 241 g/mol. The van der Waals surface area contributed by atoms with Crippen LogP contribution in [0, 0.1) is 0 Å². The lowest BCUT2D eigenvalue weighted by Crippen LogP contribution is -2.40. The normalized spacial score (nSPS) is 22.9. The van der Waals surface area contributed by atoms with Gasteiger partial charge in [0.1, 0.15) is 18.3 Å². The summed E-state index contributed by atoms with van der Waals surface area (Å²) in [6.07, 6.45) is 1.09. The minimum atomic E-state index is -0.600. The van der Waals surface area contributed by atoms with E-state index in [4.69, 9.17) is 9.47 Å². The van der Waals surface area contributed by atoms with Crippen molar-refractivity contribution in [2.45, 2.75) is 38.5 Å². The van der Waals surface area contributed by atoms with E-state index in [1.54, 1.807) is 0 Å². The highest BCUT2D eigenvalue weighted by atomic mass is 16.6. The summed E-state index contributed by atoms with van der Waals surface area (Å²) < 4.78 is 12.5. The van der Waals surface area contributed by atoms with Crippen LogP contribution in [-0.4, -0.2) is 51.9 Å². The van der Waals surface area contributed by atoms with Crippen LogP contribution < -0.4 is 0 Å². The molecule has 0 aromatic carbocycles. The van der Waals surface area contributed by atoms with E-state index >= 15 is 0 Å². The molecule has 0 amide bonds. The fraction of sp³-hybridized carbons (Fsp3) is 0.818. The van der Waals surface area contributed by atoms with Crippen molar-refractivity contribution in [2.75, 3.05) is 19.8 Å². The van der Waals surface area contributed by atoms with Crippen molar-refractivity contribution in [3.8, 4) is 0 Å². The second-order valence-electron chi connectivity index (χ2n) is 4.47. The lowest BCUT2D eigenvalue weighted by atomic mass is 10.1. The smallest absolute Gasteiger partial charge is 0.138 e. The van der Waals surface area contributed by atoms with Crippen LogP contribution in [0.5, 0.6) is 0 Å². The Kier molecular flexibility index (Phi) is 4.09. The fourth-order valence-electron chi connectivity index (χ4n) is 1.90. The van der Waals surface area contributed by atoms with Gasteiger partial charge in [-0.1, -0.05) is 0 Å². The molecule has 0 bridgehead atoms. The molecule has 1 saturated heterocycles. The van der Waals surface area contributed by atoms with Crippen molar-refractivity contribution < 1.29 is 14.6 Å². The highest BCUT2D eigenvalue weighted by Crippen LogP contribution is 2.12. The third kappa shape index (κ3) is 3.02. The molecule has 1 N–H and O–H groups in total. The van der Waals surface area contributed by atoms with E-state index in [1.165, 1.54) is 6.33 Å². The molecule has 0 aliphatic carbocycles. The maximum atomic E-state index is 10.1. The molecule has 2 rings (SSSR count). The molecule has 1 aliphatic heterocycles. The maximum absolute atomic E-state index is 10.1. The lowest BCUT2D eigenvalue weighted by Gasteiger charge is -2.27. The van der Waals surface area contributed by atoms with E-state index in [9.17, 15) is 5.11 Å². The van der Waals surface area contributed by atoms with Gasteiger partial charge in [0.05, 0.1) is 25.9 Å². The Bertz CT molecular complexity index is 347. The number of aliphatic hydroxyl groups is 1. The van der Waals surface area contributed by atoms with Gasteiger partial charge in [0, 0.05) is 12.5 Å². The number of hydrogen-bond acceptors (Lipinski definition) is 5. The minimum Gasteiger partial charge on any atom is -0.390 e. The highest BCUT2D eigenvalue weighted by Gasteiger charge is 2.25. The summed E-state index contributed by atoms with van der Waals surface area (Å²) in [7, 11) is 0. The van der Waals surface area contributed by atoms with Crippen molar-refractivity contribution in [1.29, 1.82) is 0 Å². The van der Waals surface area contributed by atoms with Crippen molar-refractivity contribution in [2.24, 2.45) is 0 Å². The predicted octanol–water partition coefficient (Wildman–Crippen LogP) is 0.178. The van der Waals surface area contributed by atoms with Gasteiger partial charge in [-0.25, -0.2) is 9.67 Å². The zero-order valence-corrected chi connectivity index (χ0v) is 10.2. The third-order valence-electron chi connectivity index (χ3n) is 2.80. The second kappa shape index (κ2) is 5.57. The zero-order valence-electron chi connectivity index (χ0n) is 10.2. The van der Waals surface area contributed by atoms with E-state index in [2.05, 4.69) is 10.1 Å². The van der Waals surface area contributed by atoms with Crippen molar-refractivity contribution in [3.05, 3.63) is 12.2 Å². The average Bonchev–Trinajstić information content (AvgIpc) is 2.78. The standard InChI is InChI=1S/C11H19N3O3/c1-8(2)14-11(12-7-13-14)5-9(15)10-6-16-3-4-17-10/h7-10,15H,3-6H2,1-2H3. The van der Waals surface area contributed by atoms with E-state index in [-0.39, 0.29) is 12.1 Å². The Balaban J connectivity index is 1.97. The zero-order chi connectivity index (χ0) is 12.3. The largest absolute Gasteiger partial charge is 0.390 e. The number of ether oxygens (including phenoxy) is 2. The van der Waals surface area contributed by atoms with E-state index in [1.807, 2.05) is 18.5 Å². The molecule has 0 spiro atoms. The number of aliphatic hydroxyl groups excluding tert-OH is 1. The first-order valence-corrected chi connectivity index (χ1v) is 5.94. The molecule has 1 aromatic rings. The lowest BCUT2D eigenvalue weighted by molar-refractivity contribution is -0.132. The van der Waals surface area contributed by atoms with Crippen LogP contribution >= 0.6 is 0 Å². The van der Waals surface area contributed by atoms with Crippen LogP contribution in [0.15, 0.2) is 6.33 Å². The number of hydrogen-bond donors (Lipinski definition) is 1. The van der Waals surface area contributed by atoms with Crippen molar-refractivity contribution >= 4 is 0 Å². The number of aromatic nitrogens is 3. The summed E-state index contributed by atoms with van der Waals surface area (Å²) in [4.78, 5) is 4.17. The quantitative estimate of drug-likeness (QED) is 0.814. The molecule has 1 aromatic heterocycles. The summed E-state index contributed by atoms with van der Waals surface area (Å²) >= 11 is 0. The molecular formula is C11H19N3O3. The van der Waals surface area contributed by atoms with Gasteiger partial charge in [0.2, 0.25) is 0 Å². The first-order chi connectivity index (χ1) is 8.18. The van der Waals surface area contributed by atoms with Crippen LogP contribution in [-0.2, 0) is 15.9 Å². The second-order valence-corrected chi connectivity index (χ2v) is 4.47. The minimum absolute atomic E-state index is 0.239. The molecule has 1 aliphatic rings. The Morgan fingerprint density at radius 1 is 1.53 bits per heavy atom. The summed E-state index contributed by atoms with van der Waals surface area (Å²) in [5.74, 6) is 0.779. The Hall–Kier alpha value is -0.980. The molecule has 6 heteroatoms. The van der Waals surface area contributed by atoms with Crippen LogP contribution in [0.1, 0.15) is 25.7 Å². The topological polar surface area (TPSA) is 69.4 Å². The molecule has 17 heavy (non-hydrogen) atoms. The van der Waals surface area contributed by atoms with E-state index < -0.39 is 6.10 Å². The molecule has 0 saturated carbocycles. The number of rotatable bonds is 4. The molecule has 2 heterocycles. The van der Waals surface area contributed by atoms with Gasteiger partial charge in [-0.3, -0.25) is 0 Å². The molecule has 96 valence electrons. The molecule has 2 atom stereocenters. The Morgan fingerprint density at radius 3 is 3.00 bits per heavy atom.